The number of thioether (sulfide) groups is 1. The van der Waals surface area contributed by atoms with Crippen molar-refractivity contribution < 1.29 is 4.74 Å². The van der Waals surface area contributed by atoms with Gasteiger partial charge in [-0.15, -0.1) is 6.58 Å². The maximum Gasteiger partial charge on any atom is 0.262 e. The van der Waals surface area contributed by atoms with Gasteiger partial charge in [0.15, 0.2) is 5.16 Å². The molecule has 128 valence electrons. The molecular weight excluding hydrogens is 356 g/mol. The summed E-state index contributed by atoms with van der Waals surface area (Å²) in [6, 6.07) is 14.7. The van der Waals surface area contributed by atoms with Gasteiger partial charge in [-0.2, -0.15) is 0 Å². The molecule has 0 aliphatic carbocycles. The molecule has 1 aromatic heterocycles. The minimum atomic E-state index is -0.0898. The average molecular weight is 373 g/mol. The molecule has 0 saturated heterocycles. The summed E-state index contributed by atoms with van der Waals surface area (Å²) in [5.74, 6) is 1.50. The SMILES string of the molecule is C=CCn1c(SCCOc2ccccc2)nc2cc(Cl)ccc2c1=O. The number of benzene rings is 2. The summed E-state index contributed by atoms with van der Waals surface area (Å²) in [4.78, 5) is 17.3. The topological polar surface area (TPSA) is 44.1 Å². The third kappa shape index (κ3) is 4.24. The van der Waals surface area contributed by atoms with E-state index in [0.29, 0.717) is 40.0 Å². The van der Waals surface area contributed by atoms with Crippen LogP contribution in [0.3, 0.4) is 0 Å². The summed E-state index contributed by atoms with van der Waals surface area (Å²) in [6.45, 7) is 4.65. The van der Waals surface area contributed by atoms with Crippen molar-refractivity contribution in [3.8, 4) is 5.75 Å². The second kappa shape index (κ2) is 8.23. The first-order valence-corrected chi connectivity index (χ1v) is 9.17. The van der Waals surface area contributed by atoms with Gasteiger partial charge < -0.3 is 4.74 Å². The van der Waals surface area contributed by atoms with Gasteiger partial charge in [0.1, 0.15) is 5.75 Å². The minimum Gasteiger partial charge on any atom is -0.493 e. The van der Waals surface area contributed by atoms with Gasteiger partial charge in [-0.05, 0) is 30.3 Å². The summed E-state index contributed by atoms with van der Waals surface area (Å²) < 4.78 is 7.31. The van der Waals surface area contributed by atoms with Crippen LogP contribution in [0.5, 0.6) is 5.75 Å². The Labute approximate surface area is 155 Å². The first-order chi connectivity index (χ1) is 12.2. The monoisotopic (exact) mass is 372 g/mol. The van der Waals surface area contributed by atoms with E-state index in [4.69, 9.17) is 16.3 Å². The van der Waals surface area contributed by atoms with Gasteiger partial charge in [-0.1, -0.05) is 47.6 Å². The highest BCUT2D eigenvalue weighted by Gasteiger charge is 2.11. The summed E-state index contributed by atoms with van der Waals surface area (Å²) in [7, 11) is 0. The lowest BCUT2D eigenvalue weighted by atomic mass is 10.2. The number of fused-ring (bicyclic) bond motifs is 1. The van der Waals surface area contributed by atoms with Gasteiger partial charge in [0.05, 0.1) is 17.5 Å². The zero-order chi connectivity index (χ0) is 17.6. The van der Waals surface area contributed by atoms with Crippen molar-refractivity contribution in [3.05, 3.63) is 76.6 Å². The Morgan fingerprint density at radius 1 is 1.24 bits per heavy atom. The van der Waals surface area contributed by atoms with Gasteiger partial charge >= 0.3 is 0 Å². The maximum atomic E-state index is 12.7. The predicted octanol–water partition coefficient (Wildman–Crippen LogP) is 4.41. The van der Waals surface area contributed by atoms with E-state index in [1.54, 1.807) is 28.8 Å². The molecule has 0 saturated carbocycles. The molecule has 2 aromatic carbocycles. The van der Waals surface area contributed by atoms with Crippen LogP contribution < -0.4 is 10.3 Å². The fourth-order valence-electron chi connectivity index (χ4n) is 2.38. The van der Waals surface area contributed by atoms with Crippen molar-refractivity contribution in [2.45, 2.75) is 11.7 Å². The molecule has 0 fully saturated rings. The molecule has 0 N–H and O–H groups in total. The van der Waals surface area contributed by atoms with Gasteiger partial charge in [-0.3, -0.25) is 9.36 Å². The molecule has 0 atom stereocenters. The van der Waals surface area contributed by atoms with Crippen LogP contribution in [0.2, 0.25) is 5.02 Å². The number of hydrogen-bond donors (Lipinski definition) is 0. The van der Waals surface area contributed by atoms with Crippen molar-refractivity contribution in [2.75, 3.05) is 12.4 Å². The Hall–Kier alpha value is -2.24. The van der Waals surface area contributed by atoms with Crippen LogP contribution in [0, 0.1) is 0 Å². The molecule has 4 nitrogen and oxygen atoms in total. The van der Waals surface area contributed by atoms with E-state index >= 15 is 0 Å². The second-order valence-electron chi connectivity index (χ2n) is 5.27. The molecule has 0 spiro atoms. The maximum absolute atomic E-state index is 12.7. The van der Waals surface area contributed by atoms with E-state index in [-0.39, 0.29) is 5.56 Å². The highest BCUT2D eigenvalue weighted by atomic mass is 35.5. The Morgan fingerprint density at radius 3 is 2.80 bits per heavy atom. The van der Waals surface area contributed by atoms with E-state index in [1.807, 2.05) is 30.3 Å². The summed E-state index contributed by atoms with van der Waals surface area (Å²) in [5, 5.41) is 1.75. The van der Waals surface area contributed by atoms with Crippen LogP contribution in [-0.2, 0) is 6.54 Å². The fourth-order valence-corrected chi connectivity index (χ4v) is 3.38. The molecule has 0 radical (unpaired) electrons. The van der Waals surface area contributed by atoms with Gasteiger partial charge in [0, 0.05) is 17.3 Å². The van der Waals surface area contributed by atoms with E-state index in [0.717, 1.165) is 5.75 Å². The number of hydrogen-bond acceptors (Lipinski definition) is 4. The number of rotatable bonds is 7. The Kier molecular flexibility index (Phi) is 5.79. The number of para-hydroxylation sites is 1. The predicted molar refractivity (Wildman–Crippen MR) is 104 cm³/mol. The lowest BCUT2D eigenvalue weighted by Gasteiger charge is -2.12. The summed E-state index contributed by atoms with van der Waals surface area (Å²) in [5.41, 5.74) is 0.511. The highest BCUT2D eigenvalue weighted by Crippen LogP contribution is 2.20. The van der Waals surface area contributed by atoms with Crippen molar-refractivity contribution >= 4 is 34.3 Å². The number of halogens is 1. The zero-order valence-corrected chi connectivity index (χ0v) is 15.1. The molecule has 0 bridgehead atoms. The van der Waals surface area contributed by atoms with E-state index in [2.05, 4.69) is 11.6 Å². The molecule has 3 aromatic rings. The molecular formula is C19H17ClN2O2S. The Morgan fingerprint density at radius 2 is 2.04 bits per heavy atom. The zero-order valence-electron chi connectivity index (χ0n) is 13.5. The van der Waals surface area contributed by atoms with Crippen molar-refractivity contribution in [3.63, 3.8) is 0 Å². The minimum absolute atomic E-state index is 0.0898. The van der Waals surface area contributed by atoms with Crippen molar-refractivity contribution in [1.82, 2.24) is 9.55 Å². The number of ether oxygens (including phenoxy) is 1. The van der Waals surface area contributed by atoms with Gasteiger partial charge in [0.2, 0.25) is 0 Å². The molecule has 0 unspecified atom stereocenters. The third-order valence-corrected chi connectivity index (χ3v) is 4.70. The van der Waals surface area contributed by atoms with Crippen LogP contribution in [-0.4, -0.2) is 21.9 Å². The molecule has 25 heavy (non-hydrogen) atoms. The summed E-state index contributed by atoms with van der Waals surface area (Å²) in [6.07, 6.45) is 1.69. The first kappa shape index (κ1) is 17.6. The van der Waals surface area contributed by atoms with Crippen LogP contribution in [0.4, 0.5) is 0 Å². The quantitative estimate of drug-likeness (QED) is 0.267. The molecule has 1 heterocycles. The number of allylic oxidation sites excluding steroid dienone is 1. The van der Waals surface area contributed by atoms with Crippen molar-refractivity contribution in [1.29, 1.82) is 0 Å². The van der Waals surface area contributed by atoms with Crippen LogP contribution in [0.15, 0.2) is 71.1 Å². The third-order valence-electron chi connectivity index (χ3n) is 3.52. The smallest absolute Gasteiger partial charge is 0.262 e. The lowest BCUT2D eigenvalue weighted by molar-refractivity contribution is 0.344. The largest absolute Gasteiger partial charge is 0.493 e. The second-order valence-corrected chi connectivity index (χ2v) is 6.77. The molecule has 0 amide bonds. The average Bonchev–Trinajstić information content (AvgIpc) is 2.62. The Balaban J connectivity index is 1.80. The normalized spacial score (nSPS) is 10.8. The van der Waals surface area contributed by atoms with E-state index in [1.165, 1.54) is 11.8 Å². The van der Waals surface area contributed by atoms with E-state index < -0.39 is 0 Å². The standard InChI is InChI=1S/C19H17ClN2O2S/c1-2-10-22-18(23)16-9-8-14(20)13-17(16)21-19(22)25-12-11-24-15-6-4-3-5-7-15/h2-9,13H,1,10-12H2. The summed E-state index contributed by atoms with van der Waals surface area (Å²) >= 11 is 7.50. The van der Waals surface area contributed by atoms with Crippen molar-refractivity contribution in [2.24, 2.45) is 0 Å². The van der Waals surface area contributed by atoms with Crippen LogP contribution in [0.1, 0.15) is 0 Å². The number of aromatic nitrogens is 2. The lowest BCUT2D eigenvalue weighted by Crippen LogP contribution is -2.23. The number of nitrogens with zero attached hydrogens (tertiary/aromatic N) is 2. The first-order valence-electron chi connectivity index (χ1n) is 7.80. The molecule has 0 aliphatic rings. The van der Waals surface area contributed by atoms with Crippen LogP contribution >= 0.6 is 23.4 Å². The molecule has 0 aliphatic heterocycles. The molecule has 6 heteroatoms. The fraction of sp³-hybridized carbons (Fsp3) is 0.158. The highest BCUT2D eigenvalue weighted by molar-refractivity contribution is 7.99. The van der Waals surface area contributed by atoms with Crippen LogP contribution in [0.25, 0.3) is 10.9 Å². The Bertz CT molecular complexity index is 941. The van der Waals surface area contributed by atoms with Gasteiger partial charge in [-0.25, -0.2) is 4.98 Å². The molecule has 3 rings (SSSR count). The van der Waals surface area contributed by atoms with Gasteiger partial charge in [0.25, 0.3) is 5.56 Å². The van der Waals surface area contributed by atoms with E-state index in [9.17, 15) is 4.79 Å².